The van der Waals surface area contributed by atoms with Gasteiger partial charge in [-0.15, -0.1) is 11.3 Å². The van der Waals surface area contributed by atoms with Gasteiger partial charge in [0.2, 0.25) is 0 Å². The molecular formula is C15H13NS. The Bertz CT molecular complexity index is 682. The molecular weight excluding hydrogens is 226 g/mol. The van der Waals surface area contributed by atoms with Crippen molar-refractivity contribution in [3.8, 4) is 10.6 Å². The van der Waals surface area contributed by atoms with Crippen LogP contribution in [-0.4, -0.2) is 4.98 Å². The highest BCUT2D eigenvalue weighted by molar-refractivity contribution is 7.21. The van der Waals surface area contributed by atoms with E-state index < -0.39 is 0 Å². The van der Waals surface area contributed by atoms with Gasteiger partial charge in [0, 0.05) is 5.56 Å². The highest BCUT2D eigenvalue weighted by atomic mass is 32.1. The molecule has 0 aliphatic carbocycles. The van der Waals surface area contributed by atoms with E-state index >= 15 is 0 Å². The third-order valence-electron chi connectivity index (χ3n) is 2.81. The van der Waals surface area contributed by atoms with E-state index in [1.165, 1.54) is 21.4 Å². The molecule has 0 spiro atoms. The number of fused-ring (bicyclic) bond motifs is 1. The van der Waals surface area contributed by atoms with Crippen LogP contribution in [0.3, 0.4) is 0 Å². The molecule has 1 aromatic heterocycles. The van der Waals surface area contributed by atoms with E-state index in [2.05, 4.69) is 61.3 Å². The lowest BCUT2D eigenvalue weighted by molar-refractivity contribution is 1.42. The van der Waals surface area contributed by atoms with E-state index in [4.69, 9.17) is 0 Å². The number of nitrogens with zero attached hydrogens (tertiary/aromatic N) is 1. The molecule has 0 radical (unpaired) electrons. The minimum Gasteiger partial charge on any atom is -0.236 e. The lowest BCUT2D eigenvalue weighted by Gasteiger charge is -1.96. The first-order valence-corrected chi connectivity index (χ1v) is 6.48. The van der Waals surface area contributed by atoms with Gasteiger partial charge in [-0.2, -0.15) is 0 Å². The number of hydrogen-bond donors (Lipinski definition) is 0. The number of aromatic nitrogens is 1. The molecule has 2 aromatic carbocycles. The summed E-state index contributed by atoms with van der Waals surface area (Å²) in [6.45, 7) is 4.23. The Balaban J connectivity index is 2.18. The third-order valence-corrected chi connectivity index (χ3v) is 3.88. The summed E-state index contributed by atoms with van der Waals surface area (Å²) in [5.74, 6) is 0. The second-order valence-electron chi connectivity index (χ2n) is 4.36. The van der Waals surface area contributed by atoms with Gasteiger partial charge in [0.25, 0.3) is 0 Å². The molecule has 3 aromatic rings. The van der Waals surface area contributed by atoms with Crippen LogP contribution in [0.15, 0.2) is 42.5 Å². The van der Waals surface area contributed by atoms with Gasteiger partial charge in [-0.05, 0) is 37.6 Å². The smallest absolute Gasteiger partial charge is 0.124 e. The predicted octanol–water partition coefficient (Wildman–Crippen LogP) is 4.58. The molecule has 0 unspecified atom stereocenters. The average molecular weight is 239 g/mol. The Kier molecular flexibility index (Phi) is 2.45. The van der Waals surface area contributed by atoms with E-state index in [0.29, 0.717) is 0 Å². The fourth-order valence-corrected chi connectivity index (χ4v) is 2.99. The van der Waals surface area contributed by atoms with Crippen LogP contribution in [0.4, 0.5) is 0 Å². The minimum atomic E-state index is 1.09. The van der Waals surface area contributed by atoms with Gasteiger partial charge in [-0.1, -0.05) is 29.8 Å². The third kappa shape index (κ3) is 1.96. The van der Waals surface area contributed by atoms with Gasteiger partial charge in [0.15, 0.2) is 0 Å². The highest BCUT2D eigenvalue weighted by Crippen LogP contribution is 2.30. The lowest BCUT2D eigenvalue weighted by atomic mass is 10.1. The average Bonchev–Trinajstić information content (AvgIpc) is 2.72. The zero-order valence-corrected chi connectivity index (χ0v) is 10.7. The number of aryl methyl sites for hydroxylation is 2. The van der Waals surface area contributed by atoms with Crippen molar-refractivity contribution in [1.29, 1.82) is 0 Å². The quantitative estimate of drug-likeness (QED) is 0.605. The maximum atomic E-state index is 4.68. The summed E-state index contributed by atoms with van der Waals surface area (Å²) < 4.78 is 1.27. The van der Waals surface area contributed by atoms with Crippen molar-refractivity contribution in [2.45, 2.75) is 13.8 Å². The largest absolute Gasteiger partial charge is 0.236 e. The summed E-state index contributed by atoms with van der Waals surface area (Å²) in [7, 11) is 0. The molecule has 1 heterocycles. The predicted molar refractivity (Wildman–Crippen MR) is 74.5 cm³/mol. The first kappa shape index (κ1) is 10.5. The molecule has 0 fully saturated rings. The maximum Gasteiger partial charge on any atom is 0.124 e. The highest BCUT2D eigenvalue weighted by Gasteiger charge is 2.06. The zero-order chi connectivity index (χ0) is 11.8. The number of hydrogen-bond acceptors (Lipinski definition) is 2. The minimum absolute atomic E-state index is 1.09. The molecule has 17 heavy (non-hydrogen) atoms. The van der Waals surface area contributed by atoms with Crippen molar-refractivity contribution in [3.63, 3.8) is 0 Å². The zero-order valence-electron chi connectivity index (χ0n) is 9.90. The van der Waals surface area contributed by atoms with Crippen molar-refractivity contribution >= 4 is 21.6 Å². The Morgan fingerprint density at radius 3 is 2.59 bits per heavy atom. The van der Waals surface area contributed by atoms with Crippen LogP contribution in [0.5, 0.6) is 0 Å². The molecule has 1 nitrogen and oxygen atoms in total. The van der Waals surface area contributed by atoms with Crippen LogP contribution in [0.2, 0.25) is 0 Å². The van der Waals surface area contributed by atoms with Crippen LogP contribution in [0.1, 0.15) is 11.1 Å². The number of thiazole rings is 1. The summed E-state index contributed by atoms with van der Waals surface area (Å²) in [6.07, 6.45) is 0. The van der Waals surface area contributed by atoms with E-state index in [1.54, 1.807) is 11.3 Å². The summed E-state index contributed by atoms with van der Waals surface area (Å²) in [5, 5.41) is 1.11. The molecule has 0 aliphatic rings. The van der Waals surface area contributed by atoms with Crippen LogP contribution < -0.4 is 0 Å². The van der Waals surface area contributed by atoms with Crippen LogP contribution in [0, 0.1) is 13.8 Å². The van der Waals surface area contributed by atoms with Crippen molar-refractivity contribution in [2.24, 2.45) is 0 Å². The molecule has 84 valence electrons. The molecule has 0 aliphatic heterocycles. The van der Waals surface area contributed by atoms with Gasteiger partial charge >= 0.3 is 0 Å². The Morgan fingerprint density at radius 1 is 0.941 bits per heavy atom. The van der Waals surface area contributed by atoms with E-state index in [-0.39, 0.29) is 0 Å². The molecule has 0 bridgehead atoms. The van der Waals surface area contributed by atoms with Gasteiger partial charge in [0.05, 0.1) is 10.2 Å². The fraction of sp³-hybridized carbons (Fsp3) is 0.133. The molecule has 0 atom stereocenters. The van der Waals surface area contributed by atoms with E-state index in [9.17, 15) is 0 Å². The molecule has 0 amide bonds. The first-order valence-electron chi connectivity index (χ1n) is 5.66. The van der Waals surface area contributed by atoms with Gasteiger partial charge in [-0.3, -0.25) is 0 Å². The second-order valence-corrected chi connectivity index (χ2v) is 5.39. The number of benzene rings is 2. The molecule has 3 rings (SSSR count). The monoisotopic (exact) mass is 239 g/mol. The van der Waals surface area contributed by atoms with Gasteiger partial charge in [0.1, 0.15) is 5.01 Å². The Labute approximate surface area is 105 Å². The van der Waals surface area contributed by atoms with Crippen LogP contribution >= 0.6 is 11.3 Å². The molecule has 0 saturated carbocycles. The summed E-state index contributed by atoms with van der Waals surface area (Å²) >= 11 is 1.76. The molecule has 2 heteroatoms. The number of rotatable bonds is 1. The normalized spacial score (nSPS) is 10.9. The van der Waals surface area contributed by atoms with Crippen molar-refractivity contribution < 1.29 is 0 Å². The van der Waals surface area contributed by atoms with Crippen molar-refractivity contribution in [2.75, 3.05) is 0 Å². The standard InChI is InChI=1S/C15H13NS/c1-10-4-3-5-12(8-10)15-16-13-7-6-11(2)9-14(13)17-15/h3-9H,1-2H3. The van der Waals surface area contributed by atoms with Gasteiger partial charge in [-0.25, -0.2) is 4.98 Å². The molecule has 0 N–H and O–H groups in total. The van der Waals surface area contributed by atoms with Crippen LogP contribution in [-0.2, 0) is 0 Å². The lowest BCUT2D eigenvalue weighted by Crippen LogP contribution is -1.77. The SMILES string of the molecule is Cc1cccc(-c2nc3ccc(C)cc3s2)c1. The summed E-state index contributed by atoms with van der Waals surface area (Å²) in [4.78, 5) is 4.68. The first-order chi connectivity index (χ1) is 8.22. The van der Waals surface area contributed by atoms with Crippen molar-refractivity contribution in [1.82, 2.24) is 4.98 Å². The van der Waals surface area contributed by atoms with Crippen molar-refractivity contribution in [3.05, 3.63) is 53.6 Å². The van der Waals surface area contributed by atoms with Gasteiger partial charge < -0.3 is 0 Å². The fourth-order valence-electron chi connectivity index (χ4n) is 1.93. The van der Waals surface area contributed by atoms with E-state index in [1.807, 2.05) is 0 Å². The topological polar surface area (TPSA) is 12.9 Å². The summed E-state index contributed by atoms with van der Waals surface area (Å²) in [6, 6.07) is 14.9. The Hall–Kier alpha value is -1.67. The second kappa shape index (κ2) is 3.97. The maximum absolute atomic E-state index is 4.68. The van der Waals surface area contributed by atoms with E-state index in [0.717, 1.165) is 10.5 Å². The summed E-state index contributed by atoms with van der Waals surface area (Å²) in [5.41, 5.74) is 4.87. The van der Waals surface area contributed by atoms with Crippen LogP contribution in [0.25, 0.3) is 20.8 Å². The molecule has 0 saturated heterocycles. The Morgan fingerprint density at radius 2 is 1.76 bits per heavy atom.